The number of carbonyl (C=O) groups is 2. The zero-order valence-corrected chi connectivity index (χ0v) is 14.0. The maximum absolute atomic E-state index is 11.9. The zero-order chi connectivity index (χ0) is 17.5. The number of aromatic nitrogens is 2. The van der Waals surface area contributed by atoms with Gasteiger partial charge in [0.25, 0.3) is 5.91 Å². The third-order valence-electron chi connectivity index (χ3n) is 2.71. The van der Waals surface area contributed by atoms with Crippen LogP contribution < -0.4 is 16.2 Å². The molecule has 0 fully saturated rings. The van der Waals surface area contributed by atoms with Crippen LogP contribution >= 0.6 is 23.2 Å². The van der Waals surface area contributed by atoms with E-state index < -0.39 is 11.8 Å². The van der Waals surface area contributed by atoms with E-state index in [1.54, 1.807) is 19.1 Å². The van der Waals surface area contributed by atoms with Gasteiger partial charge in [-0.25, -0.2) is 4.98 Å². The second-order valence-corrected chi connectivity index (χ2v) is 5.45. The lowest BCUT2D eigenvalue weighted by Crippen LogP contribution is -2.37. The van der Waals surface area contributed by atoms with E-state index in [0.717, 1.165) is 0 Å². The smallest absolute Gasteiger partial charge is 0.289 e. The third kappa shape index (κ3) is 5.22. The molecule has 0 aliphatic carbocycles. The van der Waals surface area contributed by atoms with Crippen molar-refractivity contribution in [1.29, 1.82) is 0 Å². The normalized spacial score (nSPS) is 10.9. The summed E-state index contributed by atoms with van der Waals surface area (Å²) in [6.07, 6.45) is 5.45. The maximum atomic E-state index is 11.9. The monoisotopic (exact) mass is 365 g/mol. The van der Waals surface area contributed by atoms with E-state index in [0.29, 0.717) is 21.4 Å². The van der Waals surface area contributed by atoms with Crippen molar-refractivity contribution in [3.05, 3.63) is 64.3 Å². The Balaban J connectivity index is 1.90. The number of nitrogens with zero attached hydrogens (tertiary/aromatic N) is 2. The van der Waals surface area contributed by atoms with Gasteiger partial charge in [0.1, 0.15) is 5.69 Å². The zero-order valence-electron chi connectivity index (χ0n) is 12.5. The highest BCUT2D eigenvalue weighted by atomic mass is 35.5. The van der Waals surface area contributed by atoms with Crippen LogP contribution in [0.15, 0.2) is 48.6 Å². The van der Waals surface area contributed by atoms with E-state index in [4.69, 9.17) is 23.2 Å². The largest absolute Gasteiger partial charge is 0.321 e. The van der Waals surface area contributed by atoms with Gasteiger partial charge in [-0.3, -0.25) is 20.0 Å². The molecule has 2 amide bonds. The van der Waals surface area contributed by atoms with Crippen LogP contribution in [0.4, 0.5) is 5.69 Å². The first-order valence-electron chi connectivity index (χ1n) is 6.72. The van der Waals surface area contributed by atoms with Crippen molar-refractivity contribution in [3.63, 3.8) is 0 Å². The molecule has 7 nitrogen and oxygen atoms in total. The van der Waals surface area contributed by atoms with Crippen LogP contribution in [-0.4, -0.2) is 21.8 Å². The maximum Gasteiger partial charge on any atom is 0.289 e. The van der Waals surface area contributed by atoms with Gasteiger partial charge in [-0.15, -0.1) is 0 Å². The number of hydrogen-bond acceptors (Lipinski definition) is 5. The summed E-state index contributed by atoms with van der Waals surface area (Å²) in [7, 11) is 0. The van der Waals surface area contributed by atoms with Gasteiger partial charge in [0.15, 0.2) is 0 Å². The summed E-state index contributed by atoms with van der Waals surface area (Å²) >= 11 is 11.8. The van der Waals surface area contributed by atoms with Crippen LogP contribution in [0, 0.1) is 0 Å². The Kier molecular flexibility index (Phi) is 6.11. The summed E-state index contributed by atoms with van der Waals surface area (Å²) in [5.74, 6) is -0.894. The highest BCUT2D eigenvalue weighted by Gasteiger charge is 2.07. The number of rotatable bonds is 5. The molecule has 0 saturated heterocycles. The van der Waals surface area contributed by atoms with Crippen molar-refractivity contribution in [2.24, 2.45) is 0 Å². The van der Waals surface area contributed by atoms with Gasteiger partial charge in [0.05, 0.1) is 16.9 Å². The first kappa shape index (κ1) is 17.7. The number of hydrogen-bond donors (Lipinski definition) is 3. The van der Waals surface area contributed by atoms with Gasteiger partial charge >= 0.3 is 0 Å². The summed E-state index contributed by atoms with van der Waals surface area (Å²) < 4.78 is 0. The highest BCUT2D eigenvalue weighted by molar-refractivity contribution is 6.36. The molecule has 0 bridgehead atoms. The van der Waals surface area contributed by atoms with Crippen molar-refractivity contribution >= 4 is 40.7 Å². The summed E-state index contributed by atoms with van der Waals surface area (Å²) in [5.41, 5.74) is 5.99. The topological polar surface area (TPSA) is 96.0 Å². The number of anilines is 1. The Morgan fingerprint density at radius 1 is 1.17 bits per heavy atom. The Hall–Kier alpha value is -2.64. The fourth-order valence-electron chi connectivity index (χ4n) is 1.63. The molecule has 3 N–H and O–H groups in total. The van der Waals surface area contributed by atoms with E-state index in [-0.39, 0.29) is 5.69 Å². The molecule has 124 valence electrons. The van der Waals surface area contributed by atoms with Crippen LogP contribution in [0.1, 0.15) is 17.4 Å². The Labute approximate surface area is 148 Å². The number of carbonyl (C=O) groups excluding carboxylic acids is 2. The van der Waals surface area contributed by atoms with Crippen molar-refractivity contribution in [1.82, 2.24) is 20.8 Å². The van der Waals surface area contributed by atoms with Gasteiger partial charge < -0.3 is 10.7 Å². The summed E-state index contributed by atoms with van der Waals surface area (Å²) in [4.78, 5) is 31.3. The molecule has 2 aromatic rings. The van der Waals surface area contributed by atoms with Crippen LogP contribution in [-0.2, 0) is 4.79 Å². The summed E-state index contributed by atoms with van der Waals surface area (Å²) in [5, 5.41) is 3.40. The molecule has 9 heteroatoms. The SMILES string of the molecule is C/C(=C/C(=O)Nc1ccc(Cl)cc1Cl)NNC(=O)c1cnccn1. The fraction of sp³-hybridized carbons (Fsp3) is 0.0667. The number of hydrazine groups is 1. The lowest BCUT2D eigenvalue weighted by atomic mass is 10.3. The van der Waals surface area contributed by atoms with Crippen molar-refractivity contribution in [3.8, 4) is 0 Å². The van der Waals surface area contributed by atoms with Gasteiger partial charge in [-0.2, -0.15) is 0 Å². The Morgan fingerprint density at radius 3 is 2.62 bits per heavy atom. The van der Waals surface area contributed by atoms with Gasteiger partial charge in [-0.1, -0.05) is 23.2 Å². The minimum atomic E-state index is -0.475. The second kappa shape index (κ2) is 8.28. The van der Waals surface area contributed by atoms with Gasteiger partial charge in [0.2, 0.25) is 5.91 Å². The van der Waals surface area contributed by atoms with E-state index >= 15 is 0 Å². The lowest BCUT2D eigenvalue weighted by Gasteiger charge is -2.09. The predicted molar refractivity (Wildman–Crippen MR) is 91.5 cm³/mol. The molecule has 1 heterocycles. The standard InChI is InChI=1S/C15H13Cl2N5O2/c1-9(21-22-15(24)13-8-18-4-5-19-13)6-14(23)20-12-3-2-10(16)7-11(12)17/h2-8,21H,1H3,(H,20,23)(H,22,24)/b9-6-. The van der Waals surface area contributed by atoms with Crippen molar-refractivity contribution in [2.45, 2.75) is 6.92 Å². The molecule has 0 unspecified atom stereocenters. The fourth-order valence-corrected chi connectivity index (χ4v) is 2.08. The van der Waals surface area contributed by atoms with E-state index in [2.05, 4.69) is 26.1 Å². The molecule has 0 saturated carbocycles. The molecule has 24 heavy (non-hydrogen) atoms. The molecule has 2 rings (SSSR count). The van der Waals surface area contributed by atoms with Crippen LogP contribution in [0.2, 0.25) is 10.0 Å². The molecular formula is C15H13Cl2N5O2. The summed E-state index contributed by atoms with van der Waals surface area (Å²) in [6.45, 7) is 1.61. The van der Waals surface area contributed by atoms with Crippen molar-refractivity contribution < 1.29 is 9.59 Å². The molecular weight excluding hydrogens is 353 g/mol. The van der Waals surface area contributed by atoms with E-state index in [1.807, 2.05) is 0 Å². The Morgan fingerprint density at radius 2 is 1.96 bits per heavy atom. The first-order valence-corrected chi connectivity index (χ1v) is 7.48. The van der Waals surface area contributed by atoms with E-state index in [9.17, 15) is 9.59 Å². The average Bonchev–Trinajstić information content (AvgIpc) is 2.56. The van der Waals surface area contributed by atoms with Crippen LogP contribution in [0.5, 0.6) is 0 Å². The Bertz CT molecular complexity index is 781. The molecule has 0 spiro atoms. The summed E-state index contributed by atoms with van der Waals surface area (Å²) in [6, 6.07) is 4.72. The number of halogens is 2. The van der Waals surface area contributed by atoms with Gasteiger partial charge in [-0.05, 0) is 25.1 Å². The third-order valence-corrected chi connectivity index (χ3v) is 3.25. The molecule has 0 aliphatic heterocycles. The van der Waals surface area contributed by atoms with Crippen LogP contribution in [0.25, 0.3) is 0 Å². The predicted octanol–water partition coefficient (Wildman–Crippen LogP) is 2.56. The minimum Gasteiger partial charge on any atom is -0.321 e. The quantitative estimate of drug-likeness (QED) is 0.558. The van der Waals surface area contributed by atoms with Crippen LogP contribution in [0.3, 0.4) is 0 Å². The number of benzene rings is 1. The molecule has 1 aromatic carbocycles. The highest BCUT2D eigenvalue weighted by Crippen LogP contribution is 2.25. The molecule has 0 atom stereocenters. The molecule has 0 aliphatic rings. The van der Waals surface area contributed by atoms with Gasteiger partial charge in [0, 0.05) is 29.2 Å². The average molecular weight is 366 g/mol. The minimum absolute atomic E-state index is 0.148. The number of amides is 2. The first-order chi connectivity index (χ1) is 11.5. The van der Waals surface area contributed by atoms with Crippen molar-refractivity contribution in [2.75, 3.05) is 5.32 Å². The number of nitrogens with one attached hydrogen (secondary N) is 3. The second-order valence-electron chi connectivity index (χ2n) is 4.61. The number of allylic oxidation sites excluding steroid dienone is 1. The molecule has 1 aromatic heterocycles. The lowest BCUT2D eigenvalue weighted by molar-refractivity contribution is -0.112. The van der Waals surface area contributed by atoms with E-state index in [1.165, 1.54) is 30.7 Å². The molecule has 0 radical (unpaired) electrons.